The van der Waals surface area contributed by atoms with Gasteiger partial charge in [-0.2, -0.15) is 0 Å². The van der Waals surface area contributed by atoms with Crippen molar-refractivity contribution in [3.63, 3.8) is 0 Å². The standard InChI is InChI=1S/C18H14FN5O2S/c1-26-16(25)11-4-5-14(19)13(7-11)9-21-17-23-24-10-15(22-18(24)27-17)12-3-2-6-20-8-12/h2-8,10H,9H2,1H3,(H,21,23). The third-order valence-electron chi connectivity index (χ3n) is 3.90. The van der Waals surface area contributed by atoms with Crippen molar-refractivity contribution in [2.45, 2.75) is 6.54 Å². The molecule has 3 aromatic heterocycles. The number of carbonyl (C=O) groups excluding carboxylic acids is 1. The summed E-state index contributed by atoms with van der Waals surface area (Å²) in [6.07, 6.45) is 5.26. The van der Waals surface area contributed by atoms with Crippen LogP contribution in [-0.4, -0.2) is 32.7 Å². The van der Waals surface area contributed by atoms with Crippen LogP contribution in [0.5, 0.6) is 0 Å². The number of pyridine rings is 1. The SMILES string of the molecule is COC(=O)c1ccc(F)c(CNc2nn3cc(-c4cccnc4)nc3s2)c1. The smallest absolute Gasteiger partial charge is 0.337 e. The van der Waals surface area contributed by atoms with E-state index in [1.165, 1.54) is 36.6 Å². The van der Waals surface area contributed by atoms with Gasteiger partial charge in [0.25, 0.3) is 0 Å². The molecule has 136 valence electrons. The lowest BCUT2D eigenvalue weighted by molar-refractivity contribution is 0.0600. The van der Waals surface area contributed by atoms with Crippen molar-refractivity contribution in [3.8, 4) is 11.3 Å². The molecule has 0 spiro atoms. The third-order valence-corrected chi connectivity index (χ3v) is 4.78. The van der Waals surface area contributed by atoms with E-state index in [4.69, 9.17) is 0 Å². The van der Waals surface area contributed by atoms with E-state index in [1.807, 2.05) is 18.3 Å². The average Bonchev–Trinajstić information content (AvgIpc) is 3.26. The number of esters is 1. The summed E-state index contributed by atoms with van der Waals surface area (Å²) in [7, 11) is 1.29. The lowest BCUT2D eigenvalue weighted by Crippen LogP contribution is -2.06. The molecule has 0 aliphatic carbocycles. The molecule has 0 saturated carbocycles. The number of rotatable bonds is 5. The Labute approximate surface area is 157 Å². The fourth-order valence-electron chi connectivity index (χ4n) is 2.55. The van der Waals surface area contributed by atoms with Gasteiger partial charge < -0.3 is 10.1 Å². The van der Waals surface area contributed by atoms with Gasteiger partial charge in [-0.1, -0.05) is 11.3 Å². The molecule has 4 aromatic rings. The van der Waals surface area contributed by atoms with E-state index in [2.05, 4.69) is 25.1 Å². The molecule has 0 fully saturated rings. The first-order valence-electron chi connectivity index (χ1n) is 8.01. The highest BCUT2D eigenvalue weighted by atomic mass is 32.1. The molecular formula is C18H14FN5O2S. The molecule has 1 N–H and O–H groups in total. The molecule has 0 amide bonds. The number of aromatic nitrogens is 4. The fourth-order valence-corrected chi connectivity index (χ4v) is 3.33. The Morgan fingerprint density at radius 3 is 3.00 bits per heavy atom. The van der Waals surface area contributed by atoms with E-state index in [1.54, 1.807) is 16.9 Å². The Hall–Kier alpha value is -3.33. The second kappa shape index (κ2) is 7.12. The summed E-state index contributed by atoms with van der Waals surface area (Å²) in [4.78, 5) is 20.9. The molecule has 0 bridgehead atoms. The monoisotopic (exact) mass is 383 g/mol. The highest BCUT2D eigenvalue weighted by Gasteiger charge is 2.12. The molecule has 7 nitrogen and oxygen atoms in total. The maximum absolute atomic E-state index is 14.0. The lowest BCUT2D eigenvalue weighted by Gasteiger charge is -2.06. The van der Waals surface area contributed by atoms with Crippen LogP contribution in [0.15, 0.2) is 48.9 Å². The van der Waals surface area contributed by atoms with Crippen molar-refractivity contribution in [1.82, 2.24) is 19.6 Å². The van der Waals surface area contributed by atoms with Crippen LogP contribution >= 0.6 is 11.3 Å². The summed E-state index contributed by atoms with van der Waals surface area (Å²) < 4.78 is 20.3. The summed E-state index contributed by atoms with van der Waals surface area (Å²) in [5, 5.41) is 8.06. The summed E-state index contributed by atoms with van der Waals surface area (Å²) in [6.45, 7) is 0.183. The number of anilines is 1. The van der Waals surface area contributed by atoms with Gasteiger partial charge in [-0.05, 0) is 30.3 Å². The molecule has 1 aromatic carbocycles. The number of hydrogen-bond acceptors (Lipinski definition) is 7. The third kappa shape index (κ3) is 3.49. The Kier molecular flexibility index (Phi) is 4.51. The van der Waals surface area contributed by atoms with Crippen LogP contribution in [0, 0.1) is 5.82 Å². The Morgan fingerprint density at radius 1 is 1.37 bits per heavy atom. The van der Waals surface area contributed by atoms with E-state index in [0.717, 1.165) is 11.3 Å². The molecule has 0 radical (unpaired) electrons. The Bertz CT molecular complexity index is 1080. The zero-order valence-corrected chi connectivity index (χ0v) is 15.0. The summed E-state index contributed by atoms with van der Waals surface area (Å²) in [5.41, 5.74) is 2.34. The Balaban J connectivity index is 1.51. The van der Waals surface area contributed by atoms with Crippen molar-refractivity contribution < 1.29 is 13.9 Å². The molecule has 27 heavy (non-hydrogen) atoms. The van der Waals surface area contributed by atoms with Crippen molar-refractivity contribution in [1.29, 1.82) is 0 Å². The highest BCUT2D eigenvalue weighted by molar-refractivity contribution is 7.20. The number of imidazole rings is 1. The lowest BCUT2D eigenvalue weighted by atomic mass is 10.1. The van der Waals surface area contributed by atoms with Crippen LogP contribution in [0.4, 0.5) is 9.52 Å². The normalized spacial score (nSPS) is 10.9. The van der Waals surface area contributed by atoms with Crippen LogP contribution in [-0.2, 0) is 11.3 Å². The zero-order valence-electron chi connectivity index (χ0n) is 14.2. The van der Waals surface area contributed by atoms with E-state index < -0.39 is 11.8 Å². The quantitative estimate of drug-likeness (QED) is 0.532. The van der Waals surface area contributed by atoms with Gasteiger partial charge >= 0.3 is 5.97 Å². The minimum absolute atomic E-state index is 0.183. The summed E-state index contributed by atoms with van der Waals surface area (Å²) in [6, 6.07) is 7.88. The van der Waals surface area contributed by atoms with Gasteiger partial charge in [0, 0.05) is 30.1 Å². The van der Waals surface area contributed by atoms with Crippen LogP contribution in [0.2, 0.25) is 0 Å². The first-order valence-corrected chi connectivity index (χ1v) is 8.83. The van der Waals surface area contributed by atoms with E-state index in [9.17, 15) is 9.18 Å². The van der Waals surface area contributed by atoms with Gasteiger partial charge in [0.1, 0.15) is 5.82 Å². The maximum Gasteiger partial charge on any atom is 0.337 e. The molecule has 4 rings (SSSR count). The average molecular weight is 383 g/mol. The van der Waals surface area contributed by atoms with Crippen LogP contribution in [0.1, 0.15) is 15.9 Å². The minimum atomic E-state index is -0.508. The van der Waals surface area contributed by atoms with Gasteiger partial charge in [-0.15, -0.1) is 5.10 Å². The number of nitrogens with one attached hydrogen (secondary N) is 1. The van der Waals surface area contributed by atoms with E-state index in [0.29, 0.717) is 21.2 Å². The molecule has 0 aliphatic rings. The van der Waals surface area contributed by atoms with Gasteiger partial charge in [0.2, 0.25) is 10.1 Å². The first kappa shape index (κ1) is 17.1. The van der Waals surface area contributed by atoms with E-state index >= 15 is 0 Å². The number of nitrogens with zero attached hydrogens (tertiary/aromatic N) is 4. The summed E-state index contributed by atoms with van der Waals surface area (Å²) in [5.74, 6) is -0.915. The molecule has 3 heterocycles. The van der Waals surface area contributed by atoms with Crippen molar-refractivity contribution in [2.75, 3.05) is 12.4 Å². The molecule has 0 unspecified atom stereocenters. The van der Waals surface area contributed by atoms with Gasteiger partial charge in [-0.3, -0.25) is 4.98 Å². The molecule has 9 heteroatoms. The number of benzene rings is 1. The topological polar surface area (TPSA) is 81.4 Å². The molecule has 0 atom stereocenters. The number of fused-ring (bicyclic) bond motifs is 1. The first-order chi connectivity index (χ1) is 13.1. The zero-order chi connectivity index (χ0) is 18.8. The van der Waals surface area contributed by atoms with Crippen molar-refractivity contribution in [2.24, 2.45) is 0 Å². The predicted octanol–water partition coefficient (Wildman–Crippen LogP) is 3.39. The second-order valence-electron chi connectivity index (χ2n) is 5.65. The van der Waals surface area contributed by atoms with Gasteiger partial charge in [0.15, 0.2) is 0 Å². The van der Waals surface area contributed by atoms with Crippen molar-refractivity contribution >= 4 is 27.4 Å². The number of halogens is 1. The van der Waals surface area contributed by atoms with Crippen LogP contribution < -0.4 is 5.32 Å². The number of carbonyl (C=O) groups is 1. The predicted molar refractivity (Wildman–Crippen MR) is 99.2 cm³/mol. The maximum atomic E-state index is 14.0. The molecule has 0 aliphatic heterocycles. The Morgan fingerprint density at radius 2 is 2.26 bits per heavy atom. The van der Waals surface area contributed by atoms with Gasteiger partial charge in [-0.25, -0.2) is 18.7 Å². The number of hydrogen-bond donors (Lipinski definition) is 1. The van der Waals surface area contributed by atoms with Crippen LogP contribution in [0.25, 0.3) is 16.2 Å². The minimum Gasteiger partial charge on any atom is -0.465 e. The molecular weight excluding hydrogens is 369 g/mol. The highest BCUT2D eigenvalue weighted by Crippen LogP contribution is 2.24. The van der Waals surface area contributed by atoms with Crippen molar-refractivity contribution in [3.05, 3.63) is 65.9 Å². The number of ether oxygens (including phenoxy) is 1. The van der Waals surface area contributed by atoms with Gasteiger partial charge in [0.05, 0.1) is 24.6 Å². The second-order valence-corrected chi connectivity index (χ2v) is 6.61. The van der Waals surface area contributed by atoms with Crippen LogP contribution in [0.3, 0.4) is 0 Å². The van der Waals surface area contributed by atoms with E-state index in [-0.39, 0.29) is 6.54 Å². The largest absolute Gasteiger partial charge is 0.465 e. The molecule has 0 saturated heterocycles. The fraction of sp³-hybridized carbons (Fsp3) is 0.111. The number of methoxy groups -OCH3 is 1. The summed E-state index contributed by atoms with van der Waals surface area (Å²) >= 11 is 1.35.